The Bertz CT molecular complexity index is 1410. The molecule has 4 fully saturated rings. The molecule has 4 aliphatic rings. The van der Waals surface area contributed by atoms with E-state index < -0.39 is 34.1 Å². The van der Waals surface area contributed by atoms with Crippen LogP contribution in [0, 0.1) is 17.8 Å². The first-order valence-electron chi connectivity index (χ1n) is 15.5. The van der Waals surface area contributed by atoms with Crippen LogP contribution in [0.1, 0.15) is 77.3 Å². The van der Waals surface area contributed by atoms with Crippen LogP contribution in [0.2, 0.25) is 0 Å². The number of methoxy groups -OCH3 is 1. The quantitative estimate of drug-likeness (QED) is 0.397. The summed E-state index contributed by atoms with van der Waals surface area (Å²) in [5, 5.41) is 2.95. The van der Waals surface area contributed by atoms with E-state index in [2.05, 4.69) is 17.4 Å². The van der Waals surface area contributed by atoms with Gasteiger partial charge >= 0.3 is 0 Å². The van der Waals surface area contributed by atoms with Crippen LogP contribution >= 0.6 is 0 Å². The van der Waals surface area contributed by atoms with E-state index in [1.165, 1.54) is 49.0 Å². The van der Waals surface area contributed by atoms with Crippen LogP contribution in [-0.4, -0.2) is 56.6 Å². The molecular formula is C34H47N3O5S. The number of anilines is 1. The van der Waals surface area contributed by atoms with Crippen LogP contribution in [0.25, 0.3) is 0 Å². The molecule has 0 aliphatic heterocycles. The highest BCUT2D eigenvalue weighted by molar-refractivity contribution is 7.92. The van der Waals surface area contributed by atoms with Crippen molar-refractivity contribution in [1.82, 2.24) is 10.2 Å². The molecule has 234 valence electrons. The summed E-state index contributed by atoms with van der Waals surface area (Å²) in [6.07, 6.45) is 8.87. The molecule has 0 aromatic heterocycles. The summed E-state index contributed by atoms with van der Waals surface area (Å²) < 4.78 is 32.7. The van der Waals surface area contributed by atoms with Gasteiger partial charge in [0.1, 0.15) is 18.3 Å². The second kappa shape index (κ2) is 11.8. The first kappa shape index (κ1) is 31.4. The van der Waals surface area contributed by atoms with E-state index >= 15 is 0 Å². The fraction of sp³-hybridized carbons (Fsp3) is 0.588. The standard InChI is InChI=1S/C34H47N3O5S/c1-23(32(39)35-33(2,3)4)36(21-24-8-7-9-30(17-24)42-5)31(38)22-37(43(6,40)41)29-12-10-28(11-13-29)34-18-25-14-26(19-34)16-27(15-25)20-34/h7-13,17,23,25-27H,14-16,18-22H2,1-6H3,(H,35,39). The minimum atomic E-state index is -3.80. The lowest BCUT2D eigenvalue weighted by atomic mass is 9.48. The van der Waals surface area contributed by atoms with E-state index in [0.29, 0.717) is 11.4 Å². The molecule has 9 heteroatoms. The lowest BCUT2D eigenvalue weighted by Crippen LogP contribution is -2.54. The van der Waals surface area contributed by atoms with Gasteiger partial charge in [-0.05, 0) is 125 Å². The second-order valence-electron chi connectivity index (χ2n) is 14.3. The normalized spacial score (nSPS) is 25.2. The Hall–Kier alpha value is -3.07. The molecule has 43 heavy (non-hydrogen) atoms. The Balaban J connectivity index is 1.40. The summed E-state index contributed by atoms with van der Waals surface area (Å²) in [7, 11) is -2.23. The Morgan fingerprint density at radius 3 is 2.09 bits per heavy atom. The van der Waals surface area contributed by atoms with Crippen molar-refractivity contribution >= 4 is 27.5 Å². The Labute approximate surface area is 257 Å². The number of nitrogens with one attached hydrogen (secondary N) is 1. The van der Waals surface area contributed by atoms with Gasteiger partial charge in [-0.3, -0.25) is 13.9 Å². The van der Waals surface area contributed by atoms with Crippen LogP contribution < -0.4 is 14.4 Å². The van der Waals surface area contributed by atoms with Gasteiger partial charge in [0.05, 0.1) is 19.1 Å². The molecule has 4 bridgehead atoms. The van der Waals surface area contributed by atoms with Gasteiger partial charge in [0.15, 0.2) is 0 Å². The number of ether oxygens (including phenoxy) is 1. The van der Waals surface area contributed by atoms with Crippen molar-refractivity contribution in [1.29, 1.82) is 0 Å². The van der Waals surface area contributed by atoms with Crippen molar-refractivity contribution in [2.24, 2.45) is 17.8 Å². The Morgan fingerprint density at radius 1 is 1.00 bits per heavy atom. The zero-order valence-corrected chi connectivity index (χ0v) is 27.2. The molecule has 2 amide bonds. The molecule has 1 N–H and O–H groups in total. The molecule has 4 aliphatic carbocycles. The molecule has 2 aromatic carbocycles. The van der Waals surface area contributed by atoms with E-state index in [9.17, 15) is 18.0 Å². The van der Waals surface area contributed by atoms with Gasteiger partial charge in [-0.1, -0.05) is 24.3 Å². The number of carbonyl (C=O) groups is 2. The maximum absolute atomic E-state index is 13.9. The van der Waals surface area contributed by atoms with Gasteiger partial charge in [0.25, 0.3) is 0 Å². The second-order valence-corrected chi connectivity index (χ2v) is 16.2. The molecule has 0 heterocycles. The third kappa shape index (κ3) is 7.03. The number of hydrogen-bond acceptors (Lipinski definition) is 5. The SMILES string of the molecule is COc1cccc(CN(C(=O)CN(c2ccc(C34CC5CC(CC(C5)C3)C4)cc2)S(C)(=O)=O)C(C)C(=O)NC(C)(C)C)c1. The van der Waals surface area contributed by atoms with Crippen molar-refractivity contribution in [2.45, 2.75) is 89.8 Å². The van der Waals surface area contributed by atoms with Gasteiger partial charge in [-0.25, -0.2) is 8.42 Å². The number of rotatable bonds is 10. The maximum atomic E-state index is 13.9. The number of nitrogens with zero attached hydrogens (tertiary/aromatic N) is 2. The van der Waals surface area contributed by atoms with Gasteiger partial charge < -0.3 is 15.0 Å². The first-order valence-corrected chi connectivity index (χ1v) is 17.3. The largest absolute Gasteiger partial charge is 0.497 e. The average molecular weight is 610 g/mol. The molecule has 2 aromatic rings. The van der Waals surface area contributed by atoms with E-state index in [1.54, 1.807) is 14.0 Å². The summed E-state index contributed by atoms with van der Waals surface area (Å²) >= 11 is 0. The lowest BCUT2D eigenvalue weighted by molar-refractivity contribution is -0.140. The average Bonchev–Trinajstić information content (AvgIpc) is 2.92. The molecule has 1 unspecified atom stereocenters. The Kier molecular flexibility index (Phi) is 8.60. The molecule has 0 saturated heterocycles. The minimum Gasteiger partial charge on any atom is -0.497 e. The van der Waals surface area contributed by atoms with Crippen molar-refractivity contribution in [3.8, 4) is 5.75 Å². The molecule has 8 nitrogen and oxygen atoms in total. The highest BCUT2D eigenvalue weighted by Crippen LogP contribution is 2.60. The molecule has 0 spiro atoms. The highest BCUT2D eigenvalue weighted by Gasteiger charge is 2.51. The third-order valence-electron chi connectivity index (χ3n) is 9.64. The van der Waals surface area contributed by atoms with Gasteiger partial charge in [0, 0.05) is 12.1 Å². The predicted octanol–water partition coefficient (Wildman–Crippen LogP) is 5.26. The number of carbonyl (C=O) groups excluding carboxylic acids is 2. The number of hydrogen-bond donors (Lipinski definition) is 1. The fourth-order valence-corrected chi connectivity index (χ4v) is 8.93. The maximum Gasteiger partial charge on any atom is 0.244 e. The summed E-state index contributed by atoms with van der Waals surface area (Å²) in [4.78, 5) is 28.6. The van der Waals surface area contributed by atoms with Crippen LogP contribution in [-0.2, 0) is 31.6 Å². The van der Waals surface area contributed by atoms with Gasteiger partial charge in [-0.15, -0.1) is 0 Å². The lowest BCUT2D eigenvalue weighted by Gasteiger charge is -2.57. The Morgan fingerprint density at radius 2 is 1.58 bits per heavy atom. The van der Waals surface area contributed by atoms with Crippen molar-refractivity contribution in [3.63, 3.8) is 0 Å². The zero-order valence-electron chi connectivity index (χ0n) is 26.4. The molecule has 1 atom stereocenters. The summed E-state index contributed by atoms with van der Waals surface area (Å²) in [5.41, 5.74) is 2.23. The van der Waals surface area contributed by atoms with Crippen LogP contribution in [0.3, 0.4) is 0 Å². The zero-order chi connectivity index (χ0) is 31.2. The van der Waals surface area contributed by atoms with E-state index in [0.717, 1.165) is 33.9 Å². The molecular weight excluding hydrogens is 562 g/mol. The molecule has 4 saturated carbocycles. The van der Waals surface area contributed by atoms with Crippen molar-refractivity contribution in [2.75, 3.05) is 24.2 Å². The summed E-state index contributed by atoms with van der Waals surface area (Å²) in [6, 6.07) is 14.3. The smallest absolute Gasteiger partial charge is 0.244 e. The molecule has 0 radical (unpaired) electrons. The first-order chi connectivity index (χ1) is 20.2. The van der Waals surface area contributed by atoms with E-state index in [1.807, 2.05) is 57.2 Å². The predicted molar refractivity (Wildman–Crippen MR) is 169 cm³/mol. The summed E-state index contributed by atoms with van der Waals surface area (Å²) in [6.45, 7) is 7.02. The monoisotopic (exact) mass is 609 g/mol. The summed E-state index contributed by atoms with van der Waals surface area (Å²) in [5.74, 6) is 2.29. The van der Waals surface area contributed by atoms with Crippen LogP contribution in [0.4, 0.5) is 5.69 Å². The fourth-order valence-electron chi connectivity index (χ4n) is 8.08. The van der Waals surface area contributed by atoms with Gasteiger partial charge in [0.2, 0.25) is 21.8 Å². The topological polar surface area (TPSA) is 96.0 Å². The van der Waals surface area contributed by atoms with Gasteiger partial charge in [-0.2, -0.15) is 0 Å². The third-order valence-corrected chi connectivity index (χ3v) is 10.8. The van der Waals surface area contributed by atoms with Crippen LogP contribution in [0.15, 0.2) is 48.5 Å². The number of amides is 2. The minimum absolute atomic E-state index is 0.122. The van der Waals surface area contributed by atoms with E-state index in [-0.39, 0.29) is 17.9 Å². The van der Waals surface area contributed by atoms with Crippen molar-refractivity contribution in [3.05, 3.63) is 59.7 Å². The van der Waals surface area contributed by atoms with Crippen LogP contribution in [0.5, 0.6) is 5.75 Å². The van der Waals surface area contributed by atoms with Crippen molar-refractivity contribution < 1.29 is 22.7 Å². The number of benzene rings is 2. The highest BCUT2D eigenvalue weighted by atomic mass is 32.2. The number of sulfonamides is 1. The molecule has 6 rings (SSSR count). The van der Waals surface area contributed by atoms with E-state index in [4.69, 9.17) is 4.74 Å².